The summed E-state index contributed by atoms with van der Waals surface area (Å²) >= 11 is 0. The first kappa shape index (κ1) is 22.3. The summed E-state index contributed by atoms with van der Waals surface area (Å²) < 4.78 is 17.1. The molecule has 1 heterocycles. The number of benzene rings is 3. The van der Waals surface area contributed by atoms with Crippen LogP contribution in [0, 0.1) is 0 Å². The Balaban J connectivity index is 1.23. The first-order valence-corrected chi connectivity index (χ1v) is 11.8. The molecule has 0 amide bonds. The first-order valence-electron chi connectivity index (χ1n) is 11.8. The van der Waals surface area contributed by atoms with Crippen LogP contribution in [-0.4, -0.2) is 18.7 Å². The molecule has 1 aliphatic rings. The number of hydrogen-bond acceptors (Lipinski definition) is 4. The summed E-state index contributed by atoms with van der Waals surface area (Å²) in [7, 11) is 0. The van der Waals surface area contributed by atoms with Gasteiger partial charge in [-0.15, -0.1) is 0 Å². The molecule has 168 valence electrons. The van der Waals surface area contributed by atoms with E-state index < -0.39 is 6.10 Å². The highest BCUT2D eigenvalue weighted by atomic mass is 16.6. The quantitative estimate of drug-likeness (QED) is 0.134. The van der Waals surface area contributed by atoms with Gasteiger partial charge in [-0.3, -0.25) is 0 Å². The number of esters is 1. The SMILES string of the molecule is CCCCCCCCCOc1cccc(C2OC2C(=O)Oc2ccc3ccccc3c2)c1. The van der Waals surface area contributed by atoms with Crippen molar-refractivity contribution in [2.75, 3.05) is 6.61 Å². The minimum Gasteiger partial charge on any atom is -0.494 e. The molecular weight excluding hydrogens is 400 g/mol. The molecular formula is C28H32O4. The summed E-state index contributed by atoms with van der Waals surface area (Å²) in [4.78, 5) is 12.5. The fraction of sp³-hybridized carbons (Fsp3) is 0.393. The molecule has 0 N–H and O–H groups in total. The molecule has 2 unspecified atom stereocenters. The number of hydrogen-bond donors (Lipinski definition) is 0. The lowest BCUT2D eigenvalue weighted by Crippen LogP contribution is -2.15. The van der Waals surface area contributed by atoms with Crippen LogP contribution in [0.3, 0.4) is 0 Å². The van der Waals surface area contributed by atoms with Crippen molar-refractivity contribution < 1.29 is 19.0 Å². The van der Waals surface area contributed by atoms with Crippen molar-refractivity contribution >= 4 is 16.7 Å². The van der Waals surface area contributed by atoms with E-state index in [1.165, 1.54) is 38.5 Å². The average molecular weight is 433 g/mol. The molecule has 0 aliphatic carbocycles. The minimum absolute atomic E-state index is 0.273. The van der Waals surface area contributed by atoms with E-state index in [4.69, 9.17) is 14.2 Å². The van der Waals surface area contributed by atoms with Crippen molar-refractivity contribution in [2.45, 2.75) is 64.1 Å². The third-order valence-electron chi connectivity index (χ3n) is 5.87. The number of unbranched alkanes of at least 4 members (excludes halogenated alkanes) is 6. The number of epoxide rings is 1. The van der Waals surface area contributed by atoms with Crippen LogP contribution < -0.4 is 9.47 Å². The van der Waals surface area contributed by atoms with Gasteiger partial charge in [-0.25, -0.2) is 4.79 Å². The molecule has 0 saturated carbocycles. The maximum atomic E-state index is 12.5. The zero-order valence-electron chi connectivity index (χ0n) is 18.8. The smallest absolute Gasteiger partial charge is 0.343 e. The summed E-state index contributed by atoms with van der Waals surface area (Å²) in [6, 6.07) is 21.5. The second-order valence-corrected chi connectivity index (χ2v) is 8.45. The predicted molar refractivity (Wildman–Crippen MR) is 127 cm³/mol. The van der Waals surface area contributed by atoms with Gasteiger partial charge in [0.15, 0.2) is 6.10 Å². The highest BCUT2D eigenvalue weighted by molar-refractivity contribution is 5.86. The van der Waals surface area contributed by atoms with Crippen molar-refractivity contribution in [1.82, 2.24) is 0 Å². The molecule has 2 atom stereocenters. The highest BCUT2D eigenvalue weighted by Crippen LogP contribution is 2.40. The van der Waals surface area contributed by atoms with Crippen LogP contribution in [-0.2, 0) is 9.53 Å². The van der Waals surface area contributed by atoms with Crippen molar-refractivity contribution in [3.63, 3.8) is 0 Å². The lowest BCUT2D eigenvalue weighted by molar-refractivity contribution is -0.135. The Labute approximate surface area is 190 Å². The van der Waals surface area contributed by atoms with Gasteiger partial charge in [-0.05, 0) is 47.0 Å². The van der Waals surface area contributed by atoms with Crippen LogP contribution in [0.1, 0.15) is 63.5 Å². The first-order chi connectivity index (χ1) is 15.7. The second kappa shape index (κ2) is 11.1. The molecule has 1 fully saturated rings. The summed E-state index contributed by atoms with van der Waals surface area (Å²) in [5.41, 5.74) is 0.947. The predicted octanol–water partition coefficient (Wildman–Crippen LogP) is 7.01. The number of ether oxygens (including phenoxy) is 3. The molecule has 3 aromatic carbocycles. The Morgan fingerprint density at radius 2 is 1.59 bits per heavy atom. The average Bonchev–Trinajstić information content (AvgIpc) is 3.62. The van der Waals surface area contributed by atoms with Gasteiger partial charge in [-0.2, -0.15) is 0 Å². The van der Waals surface area contributed by atoms with E-state index in [0.29, 0.717) is 5.75 Å². The van der Waals surface area contributed by atoms with Gasteiger partial charge in [0.2, 0.25) is 0 Å². The largest absolute Gasteiger partial charge is 0.494 e. The number of fused-ring (bicyclic) bond motifs is 1. The fourth-order valence-electron chi connectivity index (χ4n) is 3.98. The molecule has 1 aliphatic heterocycles. The Kier molecular flexibility index (Phi) is 7.78. The second-order valence-electron chi connectivity index (χ2n) is 8.45. The van der Waals surface area contributed by atoms with Crippen molar-refractivity contribution in [2.24, 2.45) is 0 Å². The number of carbonyl (C=O) groups excluding carboxylic acids is 1. The van der Waals surface area contributed by atoms with E-state index in [0.717, 1.165) is 35.1 Å². The molecule has 0 bridgehead atoms. The maximum absolute atomic E-state index is 12.5. The van der Waals surface area contributed by atoms with Crippen LogP contribution in [0.5, 0.6) is 11.5 Å². The summed E-state index contributed by atoms with van der Waals surface area (Å²) in [5, 5.41) is 2.15. The molecule has 3 aromatic rings. The standard InChI is InChI=1S/C28H32O4/c1-2-3-4-5-6-7-10-18-30-24-15-11-14-23(20-24)26-27(32-26)28(29)31-25-17-16-21-12-8-9-13-22(21)19-25/h8-9,11-17,19-20,26-27H,2-7,10,18H2,1H3. The topological polar surface area (TPSA) is 48.1 Å². The van der Waals surface area contributed by atoms with Gasteiger partial charge in [0.25, 0.3) is 0 Å². The molecule has 0 radical (unpaired) electrons. The lowest BCUT2D eigenvalue weighted by Gasteiger charge is -2.07. The molecule has 4 heteroatoms. The van der Waals surface area contributed by atoms with Crippen molar-refractivity contribution in [3.05, 3.63) is 72.3 Å². The monoisotopic (exact) mass is 432 g/mol. The van der Waals surface area contributed by atoms with Crippen molar-refractivity contribution in [3.8, 4) is 11.5 Å². The fourth-order valence-corrected chi connectivity index (χ4v) is 3.98. The molecule has 4 nitrogen and oxygen atoms in total. The van der Waals surface area contributed by atoms with Crippen LogP contribution >= 0.6 is 0 Å². The third-order valence-corrected chi connectivity index (χ3v) is 5.87. The minimum atomic E-state index is -0.570. The lowest BCUT2D eigenvalue weighted by atomic mass is 10.1. The van der Waals surface area contributed by atoms with E-state index in [1.54, 1.807) is 0 Å². The van der Waals surface area contributed by atoms with E-state index in [1.807, 2.05) is 66.7 Å². The van der Waals surface area contributed by atoms with E-state index in [2.05, 4.69) is 6.92 Å². The maximum Gasteiger partial charge on any atom is 0.343 e. The molecule has 0 spiro atoms. The summed E-state index contributed by atoms with van der Waals surface area (Å²) in [6.45, 7) is 2.96. The molecule has 0 aromatic heterocycles. The van der Waals surface area contributed by atoms with Gasteiger partial charge in [0.05, 0.1) is 6.61 Å². The van der Waals surface area contributed by atoms with Gasteiger partial charge in [-0.1, -0.05) is 87.9 Å². The van der Waals surface area contributed by atoms with Gasteiger partial charge < -0.3 is 14.2 Å². The number of carbonyl (C=O) groups is 1. The Bertz CT molecular complexity index is 1030. The Morgan fingerprint density at radius 3 is 2.44 bits per heavy atom. The van der Waals surface area contributed by atoms with Gasteiger partial charge in [0, 0.05) is 0 Å². The van der Waals surface area contributed by atoms with Gasteiger partial charge in [0.1, 0.15) is 17.6 Å². The number of rotatable bonds is 12. The zero-order valence-corrected chi connectivity index (χ0v) is 18.8. The van der Waals surface area contributed by atoms with Crippen LogP contribution in [0.25, 0.3) is 10.8 Å². The van der Waals surface area contributed by atoms with Crippen LogP contribution in [0.15, 0.2) is 66.7 Å². The van der Waals surface area contributed by atoms with Crippen LogP contribution in [0.4, 0.5) is 0 Å². The summed E-state index contributed by atoms with van der Waals surface area (Å²) in [5.74, 6) is 1.00. The third kappa shape index (κ3) is 6.10. The molecule has 1 saturated heterocycles. The molecule has 32 heavy (non-hydrogen) atoms. The van der Waals surface area contributed by atoms with E-state index in [-0.39, 0.29) is 12.1 Å². The zero-order chi connectivity index (χ0) is 22.2. The molecule has 4 rings (SSSR count). The van der Waals surface area contributed by atoms with E-state index >= 15 is 0 Å². The summed E-state index contributed by atoms with van der Waals surface area (Å²) in [6.07, 6.45) is 7.99. The normalized spacial score (nSPS) is 17.3. The van der Waals surface area contributed by atoms with Gasteiger partial charge >= 0.3 is 5.97 Å². The van der Waals surface area contributed by atoms with Crippen molar-refractivity contribution in [1.29, 1.82) is 0 Å². The van der Waals surface area contributed by atoms with Crippen LogP contribution in [0.2, 0.25) is 0 Å². The Morgan fingerprint density at radius 1 is 0.812 bits per heavy atom. The Hall–Kier alpha value is -2.85. The highest BCUT2D eigenvalue weighted by Gasteiger charge is 2.47. The van der Waals surface area contributed by atoms with E-state index in [9.17, 15) is 4.79 Å².